The lowest BCUT2D eigenvalue weighted by atomic mass is 10.5. The zero-order valence-electron chi connectivity index (χ0n) is 13.6. The second-order valence-corrected chi connectivity index (χ2v) is 4.95. The van der Waals surface area contributed by atoms with Gasteiger partial charge in [-0.3, -0.25) is 23.6 Å². The summed E-state index contributed by atoms with van der Waals surface area (Å²) in [6, 6.07) is 0. The largest absolute Gasteiger partial charge is 0.394 e. The molecule has 2 aromatic heterocycles. The van der Waals surface area contributed by atoms with E-state index in [4.69, 9.17) is 33.1 Å². The number of nitrogens with zero attached hydrogens (tertiary/aromatic N) is 4. The fraction of sp³-hybridized carbons (Fsp3) is 0.500. The van der Waals surface area contributed by atoms with Gasteiger partial charge >= 0.3 is 0 Å². The molecule has 12 heteroatoms. The van der Waals surface area contributed by atoms with E-state index in [-0.39, 0.29) is 60.4 Å². The van der Waals surface area contributed by atoms with E-state index in [1.54, 1.807) is 14.1 Å². The first-order valence-corrected chi connectivity index (χ1v) is 7.02. The number of nitrogen functional groups attached to an aromatic ring is 4. The maximum atomic E-state index is 11.2. The molecule has 0 radical (unpaired) electrons. The van der Waals surface area contributed by atoms with Gasteiger partial charge in [0, 0.05) is 14.1 Å². The number of aliphatic hydroxyl groups excluding tert-OH is 2. The van der Waals surface area contributed by atoms with E-state index in [9.17, 15) is 9.59 Å². The van der Waals surface area contributed by atoms with Crippen LogP contribution >= 0.6 is 0 Å². The molecule has 0 aliphatic rings. The van der Waals surface area contributed by atoms with Gasteiger partial charge in [0.2, 0.25) is 0 Å². The van der Waals surface area contributed by atoms with Crippen LogP contribution in [-0.4, -0.2) is 42.2 Å². The molecule has 24 heavy (non-hydrogen) atoms. The first kappa shape index (κ1) is 19.2. The second kappa shape index (κ2) is 7.61. The van der Waals surface area contributed by atoms with Crippen LogP contribution in [0.25, 0.3) is 0 Å². The summed E-state index contributed by atoms with van der Waals surface area (Å²) in [6.45, 7) is 0.285. The van der Waals surface area contributed by atoms with E-state index in [0.29, 0.717) is 0 Å². The van der Waals surface area contributed by atoms with E-state index in [2.05, 4.69) is 0 Å². The van der Waals surface area contributed by atoms with Gasteiger partial charge in [0.15, 0.2) is 0 Å². The van der Waals surface area contributed by atoms with E-state index in [0.717, 1.165) is 0 Å². The maximum absolute atomic E-state index is 11.2. The van der Waals surface area contributed by atoms with Crippen molar-refractivity contribution >= 4 is 23.0 Å². The van der Waals surface area contributed by atoms with Gasteiger partial charge in [-0.05, 0) is 0 Å². The Morgan fingerprint density at radius 3 is 1.54 bits per heavy atom. The Morgan fingerprint density at radius 2 is 1.21 bits per heavy atom. The third-order valence-corrected chi connectivity index (χ3v) is 3.52. The molecule has 0 aliphatic carbocycles. The van der Waals surface area contributed by atoms with Crippen molar-refractivity contribution in [2.45, 2.75) is 13.1 Å². The summed E-state index contributed by atoms with van der Waals surface area (Å²) in [4.78, 5) is 22.4. The van der Waals surface area contributed by atoms with Gasteiger partial charge in [-0.25, -0.2) is 4.68 Å². The van der Waals surface area contributed by atoms with Crippen molar-refractivity contribution in [1.29, 1.82) is 0 Å². The molecule has 10 N–H and O–H groups in total. The molecule has 0 saturated heterocycles. The van der Waals surface area contributed by atoms with Crippen molar-refractivity contribution in [3.63, 3.8) is 0 Å². The number of nitrogens with two attached hydrogens (primary N) is 4. The number of anilines is 4. The van der Waals surface area contributed by atoms with Crippen molar-refractivity contribution in [2.24, 2.45) is 14.1 Å². The van der Waals surface area contributed by atoms with E-state index >= 15 is 0 Å². The number of aliphatic hydroxyl groups is 2. The van der Waals surface area contributed by atoms with Gasteiger partial charge in [-0.1, -0.05) is 0 Å². The summed E-state index contributed by atoms with van der Waals surface area (Å²) >= 11 is 0. The molecule has 0 atom stereocenters. The fourth-order valence-corrected chi connectivity index (χ4v) is 2.09. The molecule has 0 bridgehead atoms. The Balaban J connectivity index is 0.000000240. The average Bonchev–Trinajstić information content (AvgIpc) is 2.86. The number of rotatable bonds is 4. The minimum Gasteiger partial charge on any atom is -0.394 e. The summed E-state index contributed by atoms with van der Waals surface area (Å²) in [6.07, 6.45) is 0. The predicted octanol–water partition coefficient (Wildman–Crippen LogP) is -3.31. The number of hydrogen-bond donors (Lipinski definition) is 6. The van der Waals surface area contributed by atoms with Gasteiger partial charge in [0.25, 0.3) is 11.1 Å². The van der Waals surface area contributed by atoms with Crippen LogP contribution < -0.4 is 34.1 Å². The van der Waals surface area contributed by atoms with Crippen LogP contribution in [0, 0.1) is 0 Å². The van der Waals surface area contributed by atoms with Gasteiger partial charge < -0.3 is 33.1 Å². The molecule has 12 nitrogen and oxygen atoms in total. The van der Waals surface area contributed by atoms with Crippen molar-refractivity contribution in [2.75, 3.05) is 36.1 Å². The Kier molecular flexibility index (Phi) is 6.08. The Labute approximate surface area is 137 Å². The Morgan fingerprint density at radius 1 is 0.750 bits per heavy atom. The topological polar surface area (TPSA) is 198 Å². The van der Waals surface area contributed by atoms with Gasteiger partial charge in [0.05, 0.1) is 26.3 Å². The highest BCUT2D eigenvalue weighted by Crippen LogP contribution is 2.08. The quantitative estimate of drug-likeness (QED) is 0.331. The summed E-state index contributed by atoms with van der Waals surface area (Å²) in [5, 5.41) is 17.3. The molecule has 2 heterocycles. The third kappa shape index (κ3) is 3.38. The zero-order chi connectivity index (χ0) is 18.6. The standard InChI is InChI=1S/2C6H12N4O2/c1-9-6(12)4(7)5(8)10(9)2-3-11;1-9-5(8)4(7)6(12)10(9)2-3-11/h2*11H,2-3,7-8H2,1H3. The van der Waals surface area contributed by atoms with Crippen molar-refractivity contribution in [3.05, 3.63) is 20.7 Å². The highest BCUT2D eigenvalue weighted by molar-refractivity contribution is 5.57. The van der Waals surface area contributed by atoms with Gasteiger partial charge in [0.1, 0.15) is 23.0 Å². The SMILES string of the molecule is Cn1c(=O)c(N)c(N)n1CCO.Cn1c(N)c(N)c(=O)n1CCO. The van der Waals surface area contributed by atoms with Crippen LogP contribution in [0.3, 0.4) is 0 Å². The smallest absolute Gasteiger partial charge is 0.292 e. The highest BCUT2D eigenvalue weighted by atomic mass is 16.3. The molecule has 0 aromatic carbocycles. The minimum absolute atomic E-state index is 0.0333. The lowest BCUT2D eigenvalue weighted by Crippen LogP contribution is -2.24. The van der Waals surface area contributed by atoms with E-state index < -0.39 is 0 Å². The summed E-state index contributed by atoms with van der Waals surface area (Å²) < 4.78 is 5.41. The molecule has 0 spiro atoms. The zero-order valence-corrected chi connectivity index (χ0v) is 13.6. The monoisotopic (exact) mass is 344 g/mol. The average molecular weight is 344 g/mol. The first-order valence-electron chi connectivity index (χ1n) is 7.02. The Hall–Kier alpha value is -2.86. The van der Waals surface area contributed by atoms with Crippen LogP contribution in [0.5, 0.6) is 0 Å². The molecule has 0 aliphatic heterocycles. The second-order valence-electron chi connectivity index (χ2n) is 4.95. The van der Waals surface area contributed by atoms with Crippen LogP contribution in [0.1, 0.15) is 0 Å². The predicted molar refractivity (Wildman–Crippen MR) is 91.2 cm³/mol. The Bertz CT molecular complexity index is 813. The van der Waals surface area contributed by atoms with Crippen LogP contribution in [0.4, 0.5) is 23.0 Å². The molecule has 136 valence electrons. The molecule has 0 fully saturated rings. The maximum Gasteiger partial charge on any atom is 0.292 e. The van der Waals surface area contributed by atoms with Gasteiger partial charge in [-0.2, -0.15) is 0 Å². The molecule has 0 amide bonds. The van der Waals surface area contributed by atoms with Crippen LogP contribution in [0.15, 0.2) is 9.59 Å². The normalized spacial score (nSPS) is 10.5. The third-order valence-electron chi connectivity index (χ3n) is 3.52. The first-order chi connectivity index (χ1) is 11.2. The fourth-order valence-electron chi connectivity index (χ4n) is 2.09. The number of aromatic nitrogens is 4. The summed E-state index contributed by atoms with van der Waals surface area (Å²) in [5.41, 5.74) is 21.1. The highest BCUT2D eigenvalue weighted by Gasteiger charge is 2.11. The number of hydrogen-bond acceptors (Lipinski definition) is 8. The lowest BCUT2D eigenvalue weighted by molar-refractivity contribution is 0.259. The summed E-state index contributed by atoms with van der Waals surface area (Å²) in [5.74, 6) is 0.435. The van der Waals surface area contributed by atoms with Crippen LogP contribution in [0.2, 0.25) is 0 Å². The van der Waals surface area contributed by atoms with Gasteiger partial charge in [-0.15, -0.1) is 0 Å². The lowest BCUT2D eigenvalue weighted by Gasteiger charge is -2.06. The molecule has 2 rings (SSSR count). The molecular weight excluding hydrogens is 320 g/mol. The molecule has 2 aromatic rings. The molecular formula is C12H24N8O4. The minimum atomic E-state index is -0.357. The van der Waals surface area contributed by atoms with Crippen molar-refractivity contribution in [3.8, 4) is 0 Å². The van der Waals surface area contributed by atoms with Crippen LogP contribution in [-0.2, 0) is 27.2 Å². The van der Waals surface area contributed by atoms with E-state index in [1.165, 1.54) is 18.7 Å². The van der Waals surface area contributed by atoms with Crippen molar-refractivity contribution in [1.82, 2.24) is 18.7 Å². The van der Waals surface area contributed by atoms with Crippen molar-refractivity contribution < 1.29 is 10.2 Å². The molecule has 0 saturated carbocycles. The van der Waals surface area contributed by atoms with E-state index in [1.807, 2.05) is 0 Å². The molecule has 0 unspecified atom stereocenters. The summed E-state index contributed by atoms with van der Waals surface area (Å²) in [7, 11) is 3.16.